The van der Waals surface area contributed by atoms with E-state index in [0.717, 1.165) is 11.1 Å². The summed E-state index contributed by atoms with van der Waals surface area (Å²) in [6, 6.07) is 16.4. The topological polar surface area (TPSA) is 110 Å². The van der Waals surface area contributed by atoms with E-state index < -0.39 is 11.2 Å². The summed E-state index contributed by atoms with van der Waals surface area (Å²) in [5.74, 6) is 0.276. The maximum absolute atomic E-state index is 13.0. The molecule has 0 bridgehead atoms. The van der Waals surface area contributed by atoms with Crippen molar-refractivity contribution in [3.8, 4) is 5.75 Å². The number of amides is 1. The molecule has 3 aromatic rings. The van der Waals surface area contributed by atoms with E-state index in [4.69, 9.17) is 10.5 Å². The Morgan fingerprint density at radius 1 is 1.10 bits per heavy atom. The Labute approximate surface area is 173 Å². The number of aromatic nitrogens is 2. The Morgan fingerprint density at radius 3 is 2.47 bits per heavy atom. The van der Waals surface area contributed by atoms with Crippen molar-refractivity contribution in [3.63, 3.8) is 0 Å². The van der Waals surface area contributed by atoms with E-state index in [1.54, 1.807) is 38.3 Å². The Bertz CT molecular complexity index is 1150. The van der Waals surface area contributed by atoms with Gasteiger partial charge in [0, 0.05) is 6.54 Å². The van der Waals surface area contributed by atoms with Gasteiger partial charge in [-0.3, -0.25) is 19.1 Å². The average molecular weight is 408 g/mol. The molecular weight excluding hydrogens is 384 g/mol. The van der Waals surface area contributed by atoms with Gasteiger partial charge in [0.25, 0.3) is 5.56 Å². The van der Waals surface area contributed by atoms with E-state index in [1.807, 2.05) is 30.3 Å². The maximum Gasteiger partial charge on any atom is 0.330 e. The summed E-state index contributed by atoms with van der Waals surface area (Å²) in [6.07, 6.45) is 0.0573. The number of hydrogen-bond donors (Lipinski definition) is 2. The Balaban J connectivity index is 1.97. The summed E-state index contributed by atoms with van der Waals surface area (Å²) in [7, 11) is 1.55. The summed E-state index contributed by atoms with van der Waals surface area (Å²) in [5.41, 5.74) is 6.46. The minimum Gasteiger partial charge on any atom is -0.497 e. The molecule has 0 atom stereocenters. The maximum atomic E-state index is 13.0. The van der Waals surface area contributed by atoms with Crippen molar-refractivity contribution in [2.45, 2.75) is 19.9 Å². The summed E-state index contributed by atoms with van der Waals surface area (Å²) >= 11 is 0. The first-order valence-corrected chi connectivity index (χ1v) is 9.54. The lowest BCUT2D eigenvalue weighted by molar-refractivity contribution is -0.117. The number of carbonyl (C=O) groups excluding carboxylic acids is 1. The lowest BCUT2D eigenvalue weighted by Gasteiger charge is -2.23. The van der Waals surface area contributed by atoms with Crippen molar-refractivity contribution in [1.82, 2.24) is 9.55 Å². The molecule has 30 heavy (non-hydrogen) atoms. The van der Waals surface area contributed by atoms with Gasteiger partial charge in [-0.05, 0) is 30.2 Å². The monoisotopic (exact) mass is 408 g/mol. The summed E-state index contributed by atoms with van der Waals surface area (Å²) in [6.45, 7) is 2.14. The van der Waals surface area contributed by atoms with Gasteiger partial charge in [0.15, 0.2) is 5.69 Å². The standard InChI is InChI=1S/C22H24N4O4/c1-3-25(18(27)13-16-10-7-11-17(12-16)30-2)19-20(23)26(22(29)24-21(19)28)14-15-8-5-4-6-9-15/h4-12H,3,13-14,23H2,1-2H3,(H,24,28,29). The molecule has 156 valence electrons. The molecular formula is C22H24N4O4. The van der Waals surface area contributed by atoms with Gasteiger partial charge < -0.3 is 15.4 Å². The third-order valence-electron chi connectivity index (χ3n) is 4.77. The summed E-state index contributed by atoms with van der Waals surface area (Å²) < 4.78 is 6.45. The summed E-state index contributed by atoms with van der Waals surface area (Å²) in [5, 5.41) is 0. The van der Waals surface area contributed by atoms with Crippen LogP contribution in [0.25, 0.3) is 0 Å². The van der Waals surface area contributed by atoms with Crippen molar-refractivity contribution in [2.75, 3.05) is 24.3 Å². The zero-order valence-corrected chi connectivity index (χ0v) is 16.9. The molecule has 1 aromatic heterocycles. The molecule has 0 aliphatic carbocycles. The molecule has 8 heteroatoms. The molecule has 1 heterocycles. The quantitative estimate of drug-likeness (QED) is 0.619. The van der Waals surface area contributed by atoms with Gasteiger partial charge >= 0.3 is 5.69 Å². The molecule has 3 N–H and O–H groups in total. The fraction of sp³-hybridized carbons (Fsp3) is 0.227. The number of hydrogen-bond acceptors (Lipinski definition) is 5. The number of H-pyrrole nitrogens is 1. The minimum absolute atomic E-state index is 0.0269. The third-order valence-corrected chi connectivity index (χ3v) is 4.77. The number of benzene rings is 2. The molecule has 0 saturated carbocycles. The molecule has 3 rings (SSSR count). The van der Waals surface area contributed by atoms with Gasteiger partial charge in [0.05, 0.1) is 20.1 Å². The smallest absolute Gasteiger partial charge is 0.330 e. The molecule has 0 aliphatic rings. The highest BCUT2D eigenvalue weighted by atomic mass is 16.5. The van der Waals surface area contributed by atoms with Gasteiger partial charge in [-0.15, -0.1) is 0 Å². The van der Waals surface area contributed by atoms with Gasteiger partial charge in [0.2, 0.25) is 5.91 Å². The summed E-state index contributed by atoms with van der Waals surface area (Å²) in [4.78, 5) is 41.5. The van der Waals surface area contributed by atoms with Gasteiger partial charge in [0.1, 0.15) is 11.6 Å². The number of methoxy groups -OCH3 is 1. The van der Waals surface area contributed by atoms with E-state index in [-0.39, 0.29) is 36.9 Å². The van der Waals surface area contributed by atoms with Crippen molar-refractivity contribution in [1.29, 1.82) is 0 Å². The van der Waals surface area contributed by atoms with Crippen molar-refractivity contribution < 1.29 is 9.53 Å². The number of rotatable bonds is 7. The third kappa shape index (κ3) is 4.43. The van der Waals surface area contributed by atoms with Crippen LogP contribution in [0, 0.1) is 0 Å². The van der Waals surface area contributed by atoms with E-state index >= 15 is 0 Å². The fourth-order valence-electron chi connectivity index (χ4n) is 3.27. The van der Waals surface area contributed by atoms with E-state index in [0.29, 0.717) is 5.75 Å². The van der Waals surface area contributed by atoms with Gasteiger partial charge in [-0.2, -0.15) is 0 Å². The van der Waals surface area contributed by atoms with E-state index in [2.05, 4.69) is 4.98 Å². The minimum atomic E-state index is -0.692. The molecule has 0 spiro atoms. The predicted molar refractivity (Wildman–Crippen MR) is 116 cm³/mol. The Morgan fingerprint density at radius 2 is 1.80 bits per heavy atom. The van der Waals surface area contributed by atoms with Crippen LogP contribution in [0.4, 0.5) is 11.5 Å². The number of nitrogens with two attached hydrogens (primary N) is 1. The normalized spacial score (nSPS) is 10.6. The second-order valence-corrected chi connectivity index (χ2v) is 6.73. The fourth-order valence-corrected chi connectivity index (χ4v) is 3.27. The number of anilines is 2. The molecule has 0 aliphatic heterocycles. The molecule has 8 nitrogen and oxygen atoms in total. The zero-order chi connectivity index (χ0) is 21.7. The second kappa shape index (κ2) is 9.13. The first kappa shape index (κ1) is 20.9. The van der Waals surface area contributed by atoms with E-state index in [1.165, 1.54) is 9.47 Å². The lowest BCUT2D eigenvalue weighted by atomic mass is 10.1. The largest absolute Gasteiger partial charge is 0.497 e. The van der Waals surface area contributed by atoms with Crippen LogP contribution in [-0.2, 0) is 17.8 Å². The highest BCUT2D eigenvalue weighted by molar-refractivity contribution is 5.96. The van der Waals surface area contributed by atoms with Gasteiger partial charge in [-0.25, -0.2) is 4.79 Å². The first-order chi connectivity index (χ1) is 14.4. The van der Waals surface area contributed by atoms with Gasteiger partial charge in [-0.1, -0.05) is 42.5 Å². The molecule has 0 saturated heterocycles. The molecule has 2 aromatic carbocycles. The second-order valence-electron chi connectivity index (χ2n) is 6.73. The average Bonchev–Trinajstić information content (AvgIpc) is 2.74. The number of aromatic amines is 1. The zero-order valence-electron chi connectivity index (χ0n) is 16.9. The highest BCUT2D eigenvalue weighted by Crippen LogP contribution is 2.20. The number of carbonyl (C=O) groups is 1. The van der Waals surface area contributed by atoms with Crippen molar-refractivity contribution in [2.24, 2.45) is 0 Å². The number of ether oxygens (including phenoxy) is 1. The van der Waals surface area contributed by atoms with Crippen molar-refractivity contribution >= 4 is 17.4 Å². The van der Waals surface area contributed by atoms with Crippen LogP contribution < -0.4 is 26.6 Å². The number of nitrogens with one attached hydrogen (secondary N) is 1. The Hall–Kier alpha value is -3.81. The predicted octanol–water partition coefficient (Wildman–Crippen LogP) is 1.77. The molecule has 0 unspecified atom stereocenters. The SMILES string of the molecule is CCN(C(=O)Cc1cccc(OC)c1)c1c(N)n(Cc2ccccc2)c(=O)[nH]c1=O. The first-order valence-electron chi connectivity index (χ1n) is 9.54. The molecule has 0 radical (unpaired) electrons. The van der Waals surface area contributed by atoms with Crippen LogP contribution in [0.5, 0.6) is 5.75 Å². The number of nitrogens with zero attached hydrogens (tertiary/aromatic N) is 2. The number of nitrogen functional groups attached to an aromatic ring is 1. The van der Waals surface area contributed by atoms with Crippen LogP contribution in [-0.4, -0.2) is 29.1 Å². The van der Waals surface area contributed by atoms with Crippen LogP contribution in [0.15, 0.2) is 64.2 Å². The Kier molecular flexibility index (Phi) is 6.36. The van der Waals surface area contributed by atoms with E-state index in [9.17, 15) is 14.4 Å². The highest BCUT2D eigenvalue weighted by Gasteiger charge is 2.23. The molecule has 1 amide bonds. The van der Waals surface area contributed by atoms with Crippen LogP contribution in [0.3, 0.4) is 0 Å². The van der Waals surface area contributed by atoms with Crippen LogP contribution in [0.2, 0.25) is 0 Å². The number of likely N-dealkylation sites (N-methyl/N-ethyl adjacent to an activating group) is 1. The van der Waals surface area contributed by atoms with Crippen molar-refractivity contribution in [3.05, 3.63) is 86.6 Å². The molecule has 0 fully saturated rings. The lowest BCUT2D eigenvalue weighted by Crippen LogP contribution is -2.41. The van der Waals surface area contributed by atoms with Crippen LogP contribution >= 0.6 is 0 Å². The van der Waals surface area contributed by atoms with Crippen LogP contribution in [0.1, 0.15) is 18.1 Å².